The quantitative estimate of drug-likeness (QED) is 0.753. The summed E-state index contributed by atoms with van der Waals surface area (Å²) < 4.78 is 20.1. The van der Waals surface area contributed by atoms with Gasteiger partial charge < -0.3 is 10.1 Å². The standard InChI is InChI=1S/C17H17BrFNO2/c1-12-7-8-16(15(19)10-12)20-17(21)6-3-9-22-14-5-2-4-13(18)11-14/h2,4-5,7-8,10-11H,3,6,9H2,1H3,(H,20,21). The Morgan fingerprint density at radius 3 is 2.82 bits per heavy atom. The van der Waals surface area contributed by atoms with Crippen molar-refractivity contribution in [3.63, 3.8) is 0 Å². The van der Waals surface area contributed by atoms with Gasteiger partial charge in [-0.05, 0) is 49.2 Å². The Hall–Kier alpha value is -1.88. The monoisotopic (exact) mass is 365 g/mol. The molecule has 0 aliphatic heterocycles. The molecule has 0 saturated heterocycles. The summed E-state index contributed by atoms with van der Waals surface area (Å²) in [5.74, 6) is 0.110. The van der Waals surface area contributed by atoms with Gasteiger partial charge >= 0.3 is 0 Å². The van der Waals surface area contributed by atoms with Crippen LogP contribution in [-0.2, 0) is 4.79 Å². The number of anilines is 1. The van der Waals surface area contributed by atoms with Crippen molar-refractivity contribution < 1.29 is 13.9 Å². The number of amides is 1. The maximum Gasteiger partial charge on any atom is 0.224 e. The Morgan fingerprint density at radius 1 is 1.27 bits per heavy atom. The van der Waals surface area contributed by atoms with Crippen LogP contribution in [0.3, 0.4) is 0 Å². The highest BCUT2D eigenvalue weighted by Crippen LogP contribution is 2.18. The lowest BCUT2D eigenvalue weighted by atomic mass is 10.2. The average molecular weight is 366 g/mol. The summed E-state index contributed by atoms with van der Waals surface area (Å²) in [6.07, 6.45) is 0.840. The summed E-state index contributed by atoms with van der Waals surface area (Å²) in [6, 6.07) is 12.2. The SMILES string of the molecule is Cc1ccc(NC(=O)CCCOc2cccc(Br)c2)c(F)c1. The van der Waals surface area contributed by atoms with E-state index >= 15 is 0 Å². The van der Waals surface area contributed by atoms with E-state index in [0.29, 0.717) is 13.0 Å². The van der Waals surface area contributed by atoms with E-state index < -0.39 is 5.82 Å². The molecule has 0 fully saturated rings. The summed E-state index contributed by atoms with van der Waals surface area (Å²) in [6.45, 7) is 2.23. The zero-order chi connectivity index (χ0) is 15.9. The molecule has 2 aromatic carbocycles. The van der Waals surface area contributed by atoms with E-state index in [1.807, 2.05) is 24.3 Å². The van der Waals surface area contributed by atoms with Gasteiger partial charge in [0.2, 0.25) is 5.91 Å². The van der Waals surface area contributed by atoms with E-state index in [9.17, 15) is 9.18 Å². The van der Waals surface area contributed by atoms with E-state index in [0.717, 1.165) is 15.8 Å². The maximum atomic E-state index is 13.6. The van der Waals surface area contributed by atoms with Crippen molar-refractivity contribution >= 4 is 27.5 Å². The highest BCUT2D eigenvalue weighted by molar-refractivity contribution is 9.10. The lowest BCUT2D eigenvalue weighted by Crippen LogP contribution is -2.13. The third kappa shape index (κ3) is 5.15. The second-order valence-electron chi connectivity index (χ2n) is 4.94. The lowest BCUT2D eigenvalue weighted by Gasteiger charge is -2.08. The lowest BCUT2D eigenvalue weighted by molar-refractivity contribution is -0.116. The maximum absolute atomic E-state index is 13.6. The predicted octanol–water partition coefficient (Wildman–Crippen LogP) is 4.69. The molecule has 5 heteroatoms. The van der Waals surface area contributed by atoms with Crippen LogP contribution < -0.4 is 10.1 Å². The number of aryl methyl sites for hydroxylation is 1. The molecule has 0 aliphatic rings. The molecule has 0 heterocycles. The molecule has 0 saturated carbocycles. The van der Waals surface area contributed by atoms with E-state index in [2.05, 4.69) is 21.2 Å². The first-order valence-corrected chi connectivity index (χ1v) is 7.78. The van der Waals surface area contributed by atoms with Crippen molar-refractivity contribution in [3.05, 3.63) is 58.3 Å². The fourth-order valence-corrected chi connectivity index (χ4v) is 2.29. The summed E-state index contributed by atoms with van der Waals surface area (Å²) in [4.78, 5) is 11.8. The van der Waals surface area contributed by atoms with Gasteiger partial charge in [-0.1, -0.05) is 28.1 Å². The van der Waals surface area contributed by atoms with Crippen LogP contribution in [0.2, 0.25) is 0 Å². The fraction of sp³-hybridized carbons (Fsp3) is 0.235. The van der Waals surface area contributed by atoms with Crippen molar-refractivity contribution in [1.29, 1.82) is 0 Å². The van der Waals surface area contributed by atoms with Gasteiger partial charge in [0.15, 0.2) is 0 Å². The van der Waals surface area contributed by atoms with E-state index in [-0.39, 0.29) is 18.0 Å². The third-order valence-electron chi connectivity index (χ3n) is 3.01. The van der Waals surface area contributed by atoms with Crippen molar-refractivity contribution in [2.75, 3.05) is 11.9 Å². The van der Waals surface area contributed by atoms with Crippen LogP contribution in [-0.4, -0.2) is 12.5 Å². The summed E-state index contributed by atoms with van der Waals surface area (Å²) >= 11 is 3.36. The molecule has 2 rings (SSSR count). The van der Waals surface area contributed by atoms with Gasteiger partial charge in [0.1, 0.15) is 11.6 Å². The molecule has 0 radical (unpaired) electrons. The molecule has 0 aliphatic carbocycles. The van der Waals surface area contributed by atoms with Gasteiger partial charge in [-0.2, -0.15) is 0 Å². The molecule has 0 bridgehead atoms. The molecule has 0 unspecified atom stereocenters. The minimum absolute atomic E-state index is 0.212. The minimum Gasteiger partial charge on any atom is -0.494 e. The van der Waals surface area contributed by atoms with Crippen LogP contribution in [0.5, 0.6) is 5.75 Å². The van der Waals surface area contributed by atoms with Crippen molar-refractivity contribution in [2.45, 2.75) is 19.8 Å². The zero-order valence-corrected chi connectivity index (χ0v) is 13.8. The van der Waals surface area contributed by atoms with Crippen molar-refractivity contribution in [1.82, 2.24) is 0 Å². The smallest absolute Gasteiger partial charge is 0.224 e. The molecule has 0 spiro atoms. The number of hydrogen-bond acceptors (Lipinski definition) is 2. The topological polar surface area (TPSA) is 38.3 Å². The number of carbonyl (C=O) groups excluding carboxylic acids is 1. The third-order valence-corrected chi connectivity index (χ3v) is 3.50. The van der Waals surface area contributed by atoms with E-state index in [1.165, 1.54) is 6.07 Å². The highest BCUT2D eigenvalue weighted by Gasteiger charge is 2.07. The van der Waals surface area contributed by atoms with Gasteiger partial charge in [-0.3, -0.25) is 4.79 Å². The first-order chi connectivity index (χ1) is 10.5. The van der Waals surface area contributed by atoms with Crippen molar-refractivity contribution in [2.24, 2.45) is 0 Å². The Balaban J connectivity index is 1.74. The number of halogens is 2. The Labute approximate surface area is 137 Å². The molecular formula is C17H17BrFNO2. The highest BCUT2D eigenvalue weighted by atomic mass is 79.9. The number of hydrogen-bond donors (Lipinski definition) is 1. The van der Waals surface area contributed by atoms with Crippen LogP contribution in [0.25, 0.3) is 0 Å². The normalized spacial score (nSPS) is 10.3. The number of ether oxygens (including phenoxy) is 1. The molecule has 0 aromatic heterocycles. The Morgan fingerprint density at radius 2 is 2.09 bits per heavy atom. The molecule has 2 aromatic rings. The molecule has 22 heavy (non-hydrogen) atoms. The average Bonchev–Trinajstić information content (AvgIpc) is 2.47. The van der Waals surface area contributed by atoms with E-state index in [1.54, 1.807) is 19.1 Å². The van der Waals surface area contributed by atoms with E-state index in [4.69, 9.17) is 4.74 Å². The Kier molecular flexibility index (Phi) is 5.95. The number of carbonyl (C=O) groups is 1. The Bertz CT molecular complexity index is 661. The first-order valence-electron chi connectivity index (χ1n) is 6.99. The molecule has 1 amide bonds. The zero-order valence-electron chi connectivity index (χ0n) is 12.2. The summed E-state index contributed by atoms with van der Waals surface area (Å²) in [7, 11) is 0. The molecule has 1 N–H and O–H groups in total. The first kappa shape index (κ1) is 16.5. The molecule has 116 valence electrons. The van der Waals surface area contributed by atoms with Gasteiger partial charge in [0, 0.05) is 10.9 Å². The number of benzene rings is 2. The number of rotatable bonds is 6. The van der Waals surface area contributed by atoms with Crippen LogP contribution in [0.4, 0.5) is 10.1 Å². The van der Waals surface area contributed by atoms with Gasteiger partial charge in [-0.15, -0.1) is 0 Å². The van der Waals surface area contributed by atoms with Crippen LogP contribution in [0.1, 0.15) is 18.4 Å². The predicted molar refractivity (Wildman–Crippen MR) is 88.6 cm³/mol. The molecule has 0 atom stereocenters. The summed E-state index contributed by atoms with van der Waals surface area (Å²) in [5.41, 5.74) is 1.03. The van der Waals surface area contributed by atoms with Gasteiger partial charge in [-0.25, -0.2) is 4.39 Å². The minimum atomic E-state index is -0.418. The van der Waals surface area contributed by atoms with Crippen LogP contribution >= 0.6 is 15.9 Å². The largest absolute Gasteiger partial charge is 0.494 e. The van der Waals surface area contributed by atoms with Crippen molar-refractivity contribution in [3.8, 4) is 5.75 Å². The number of nitrogens with one attached hydrogen (secondary N) is 1. The van der Waals surface area contributed by atoms with Gasteiger partial charge in [0.25, 0.3) is 0 Å². The second-order valence-corrected chi connectivity index (χ2v) is 5.86. The molecular weight excluding hydrogens is 349 g/mol. The van der Waals surface area contributed by atoms with Gasteiger partial charge in [0.05, 0.1) is 12.3 Å². The van der Waals surface area contributed by atoms with Crippen LogP contribution in [0.15, 0.2) is 46.9 Å². The summed E-state index contributed by atoms with van der Waals surface area (Å²) in [5, 5.41) is 2.57. The molecule has 3 nitrogen and oxygen atoms in total. The fourth-order valence-electron chi connectivity index (χ4n) is 1.91. The van der Waals surface area contributed by atoms with Crippen LogP contribution in [0, 0.1) is 12.7 Å². The second kappa shape index (κ2) is 7.94.